The molecule has 0 fully saturated rings. The summed E-state index contributed by atoms with van der Waals surface area (Å²) in [6.07, 6.45) is 1.26. The Bertz CT molecular complexity index is 142. The van der Waals surface area contributed by atoms with Gasteiger partial charge in [-0.3, -0.25) is 0 Å². The maximum absolute atomic E-state index is 2.40. The van der Waals surface area contributed by atoms with Crippen LogP contribution >= 0.6 is 0 Å². The summed E-state index contributed by atoms with van der Waals surface area (Å²) in [5.41, 5.74) is 0.405. The van der Waals surface area contributed by atoms with Crippen molar-refractivity contribution in [1.82, 2.24) is 9.80 Å². The van der Waals surface area contributed by atoms with Crippen LogP contribution in [0.3, 0.4) is 0 Å². The quantitative estimate of drug-likeness (QED) is 0.648. The van der Waals surface area contributed by atoms with E-state index in [9.17, 15) is 0 Å². The molecule has 86 valence electrons. The van der Waals surface area contributed by atoms with Crippen molar-refractivity contribution in [2.75, 3.05) is 41.3 Å². The van der Waals surface area contributed by atoms with Gasteiger partial charge in [-0.2, -0.15) is 0 Å². The second kappa shape index (κ2) is 5.72. The minimum Gasteiger partial charge on any atom is -0.309 e. The highest BCUT2D eigenvalue weighted by Crippen LogP contribution is 2.30. The molecule has 1 atom stereocenters. The predicted octanol–water partition coefficient (Wildman–Crippen LogP) is 2.16. The molecule has 0 saturated heterocycles. The third-order valence-corrected chi connectivity index (χ3v) is 3.16. The lowest BCUT2D eigenvalue weighted by atomic mass is 9.76. The summed E-state index contributed by atoms with van der Waals surface area (Å²) < 4.78 is 0. The highest BCUT2D eigenvalue weighted by atomic mass is 15.1. The van der Waals surface area contributed by atoms with Crippen molar-refractivity contribution in [3.05, 3.63) is 0 Å². The average molecular weight is 200 g/mol. The van der Waals surface area contributed by atoms with E-state index in [1.165, 1.54) is 19.5 Å². The molecule has 1 unspecified atom stereocenters. The monoisotopic (exact) mass is 200 g/mol. The smallest absolute Gasteiger partial charge is 0.00440 e. The minimum absolute atomic E-state index is 0.405. The summed E-state index contributed by atoms with van der Waals surface area (Å²) >= 11 is 0. The largest absolute Gasteiger partial charge is 0.309 e. The zero-order chi connectivity index (χ0) is 11.4. The van der Waals surface area contributed by atoms with Gasteiger partial charge in [-0.05, 0) is 39.5 Å². The first-order chi connectivity index (χ1) is 6.31. The van der Waals surface area contributed by atoms with Gasteiger partial charge in [0, 0.05) is 13.1 Å². The molecule has 0 aromatic heterocycles. The third kappa shape index (κ3) is 4.43. The van der Waals surface area contributed by atoms with E-state index in [1.807, 2.05) is 0 Å². The fourth-order valence-electron chi connectivity index (χ4n) is 2.30. The molecule has 0 aromatic carbocycles. The zero-order valence-corrected chi connectivity index (χ0v) is 11.1. The molecule has 0 rings (SSSR count). The van der Waals surface area contributed by atoms with Gasteiger partial charge in [-0.25, -0.2) is 0 Å². The topological polar surface area (TPSA) is 6.48 Å². The van der Waals surface area contributed by atoms with E-state index in [0.29, 0.717) is 5.41 Å². The lowest BCUT2D eigenvalue weighted by Crippen LogP contribution is -2.43. The first-order valence-corrected chi connectivity index (χ1v) is 5.61. The van der Waals surface area contributed by atoms with Crippen molar-refractivity contribution in [2.24, 2.45) is 11.3 Å². The molecule has 0 spiro atoms. The van der Waals surface area contributed by atoms with Gasteiger partial charge in [0.2, 0.25) is 0 Å². The Kier molecular flexibility index (Phi) is 5.68. The van der Waals surface area contributed by atoms with Crippen LogP contribution in [0.5, 0.6) is 0 Å². The highest BCUT2D eigenvalue weighted by molar-refractivity contribution is 4.83. The van der Waals surface area contributed by atoms with Crippen LogP contribution in [-0.4, -0.2) is 51.1 Å². The maximum Gasteiger partial charge on any atom is 0.00440 e. The zero-order valence-electron chi connectivity index (χ0n) is 11.1. The lowest BCUT2D eigenvalue weighted by Gasteiger charge is -2.39. The van der Waals surface area contributed by atoms with Crippen LogP contribution in [0, 0.1) is 11.3 Å². The van der Waals surface area contributed by atoms with Crippen LogP contribution in [0.4, 0.5) is 0 Å². The van der Waals surface area contributed by atoms with E-state index in [2.05, 4.69) is 58.8 Å². The number of hydrogen-bond donors (Lipinski definition) is 0. The molecule has 14 heavy (non-hydrogen) atoms. The van der Waals surface area contributed by atoms with Gasteiger partial charge in [0.15, 0.2) is 0 Å². The van der Waals surface area contributed by atoms with E-state index < -0.39 is 0 Å². The average Bonchev–Trinajstić information content (AvgIpc) is 1.99. The fourth-order valence-corrected chi connectivity index (χ4v) is 2.30. The number of nitrogens with zero attached hydrogens (tertiary/aromatic N) is 2. The van der Waals surface area contributed by atoms with E-state index in [0.717, 1.165) is 5.92 Å². The summed E-state index contributed by atoms with van der Waals surface area (Å²) in [7, 11) is 8.65. The van der Waals surface area contributed by atoms with Crippen LogP contribution in [0.25, 0.3) is 0 Å². The molecule has 0 amide bonds. The summed E-state index contributed by atoms with van der Waals surface area (Å²) in [6.45, 7) is 9.39. The van der Waals surface area contributed by atoms with Crippen LogP contribution in [0.2, 0.25) is 0 Å². The molecular weight excluding hydrogens is 172 g/mol. The molecule has 0 aliphatic carbocycles. The van der Waals surface area contributed by atoms with Crippen molar-refractivity contribution in [2.45, 2.75) is 27.2 Å². The van der Waals surface area contributed by atoms with Crippen molar-refractivity contribution in [3.8, 4) is 0 Å². The second-order valence-corrected chi connectivity index (χ2v) is 5.44. The first kappa shape index (κ1) is 13.9. The Morgan fingerprint density at radius 1 is 1.00 bits per heavy atom. The Morgan fingerprint density at radius 3 is 1.57 bits per heavy atom. The van der Waals surface area contributed by atoms with Crippen LogP contribution < -0.4 is 0 Å². The molecule has 0 saturated carbocycles. The maximum atomic E-state index is 2.40. The van der Waals surface area contributed by atoms with E-state index in [1.54, 1.807) is 0 Å². The molecule has 0 aliphatic rings. The Morgan fingerprint density at radius 2 is 1.36 bits per heavy atom. The first-order valence-electron chi connectivity index (χ1n) is 5.61. The minimum atomic E-state index is 0.405. The molecule has 0 aliphatic heterocycles. The highest BCUT2D eigenvalue weighted by Gasteiger charge is 2.31. The molecule has 2 heteroatoms. The number of hydrogen-bond acceptors (Lipinski definition) is 2. The predicted molar refractivity (Wildman–Crippen MR) is 64.7 cm³/mol. The summed E-state index contributed by atoms with van der Waals surface area (Å²) in [4.78, 5) is 4.60. The third-order valence-electron chi connectivity index (χ3n) is 3.16. The Hall–Kier alpha value is -0.0800. The van der Waals surface area contributed by atoms with Gasteiger partial charge in [-0.1, -0.05) is 27.2 Å². The number of rotatable bonds is 6. The lowest BCUT2D eigenvalue weighted by molar-refractivity contribution is 0.0982. The molecular formula is C12H28N2. The van der Waals surface area contributed by atoms with Crippen molar-refractivity contribution in [1.29, 1.82) is 0 Å². The van der Waals surface area contributed by atoms with Gasteiger partial charge in [0.25, 0.3) is 0 Å². The van der Waals surface area contributed by atoms with E-state index >= 15 is 0 Å². The Balaban J connectivity index is 4.48. The van der Waals surface area contributed by atoms with Gasteiger partial charge in [0.1, 0.15) is 0 Å². The molecule has 0 heterocycles. The van der Waals surface area contributed by atoms with Crippen molar-refractivity contribution < 1.29 is 0 Å². The van der Waals surface area contributed by atoms with Gasteiger partial charge in [-0.15, -0.1) is 0 Å². The van der Waals surface area contributed by atoms with Gasteiger partial charge >= 0.3 is 0 Å². The molecule has 0 aromatic rings. The molecule has 2 nitrogen and oxygen atoms in total. The fraction of sp³-hybridized carbons (Fsp3) is 1.00. The van der Waals surface area contributed by atoms with Gasteiger partial charge < -0.3 is 9.80 Å². The second-order valence-electron chi connectivity index (χ2n) is 5.44. The van der Waals surface area contributed by atoms with E-state index in [4.69, 9.17) is 0 Å². The normalized spacial score (nSPS) is 15.2. The van der Waals surface area contributed by atoms with Crippen molar-refractivity contribution in [3.63, 3.8) is 0 Å². The molecule has 0 bridgehead atoms. The van der Waals surface area contributed by atoms with Crippen LogP contribution in [0.15, 0.2) is 0 Å². The summed E-state index contributed by atoms with van der Waals surface area (Å²) in [5.74, 6) is 0.771. The standard InChI is InChI=1S/C12H28N2/c1-8-11(2)12(3,9-13(4)5)10-14(6)7/h11H,8-10H2,1-7H3. The summed E-state index contributed by atoms with van der Waals surface area (Å²) in [6, 6.07) is 0. The molecule has 0 radical (unpaired) electrons. The molecule has 0 N–H and O–H groups in total. The van der Waals surface area contributed by atoms with Crippen molar-refractivity contribution >= 4 is 0 Å². The van der Waals surface area contributed by atoms with Gasteiger partial charge in [0.05, 0.1) is 0 Å². The van der Waals surface area contributed by atoms with Crippen LogP contribution in [0.1, 0.15) is 27.2 Å². The SMILES string of the molecule is CCC(C)C(C)(CN(C)C)CN(C)C. The van der Waals surface area contributed by atoms with Crippen LogP contribution in [-0.2, 0) is 0 Å². The summed E-state index contributed by atoms with van der Waals surface area (Å²) in [5, 5.41) is 0. The van der Waals surface area contributed by atoms with E-state index in [-0.39, 0.29) is 0 Å². The Labute approximate surface area is 90.3 Å².